The third-order valence-corrected chi connectivity index (χ3v) is 3.31. The van der Waals surface area contributed by atoms with E-state index in [2.05, 4.69) is 10.3 Å². The summed E-state index contributed by atoms with van der Waals surface area (Å²) in [5.74, 6) is -2.42. The first kappa shape index (κ1) is 13.5. The first-order valence-corrected chi connectivity index (χ1v) is 6.22. The smallest absolute Gasteiger partial charge is 0.306 e. The highest BCUT2D eigenvalue weighted by molar-refractivity contribution is 5.92. The van der Waals surface area contributed by atoms with Crippen molar-refractivity contribution >= 4 is 11.9 Å². The van der Waals surface area contributed by atoms with Gasteiger partial charge < -0.3 is 10.4 Å². The first-order valence-electron chi connectivity index (χ1n) is 6.22. The molecule has 2 atom stereocenters. The molecule has 0 saturated heterocycles. The largest absolute Gasteiger partial charge is 0.481 e. The molecule has 0 radical (unpaired) electrons. The highest BCUT2D eigenvalue weighted by atomic mass is 19.1. The molecule has 1 aromatic heterocycles. The van der Waals surface area contributed by atoms with Crippen molar-refractivity contribution in [1.29, 1.82) is 0 Å². The standard InChI is InChI=1S/C13H15FN2O3/c14-11-6-2-5-10(16-11)12(17)15-9-4-1-3-8(7-9)13(18)19/h2,5-6,8-9H,1,3-4,7H2,(H,15,17)(H,18,19). The number of aliphatic carboxylic acids is 1. The summed E-state index contributed by atoms with van der Waals surface area (Å²) in [6, 6.07) is 3.82. The predicted molar refractivity (Wildman–Crippen MR) is 65.0 cm³/mol. The lowest BCUT2D eigenvalue weighted by Crippen LogP contribution is -2.40. The molecule has 1 aromatic rings. The summed E-state index contributed by atoms with van der Waals surface area (Å²) in [4.78, 5) is 26.3. The van der Waals surface area contributed by atoms with Crippen LogP contribution in [0.2, 0.25) is 0 Å². The Hall–Kier alpha value is -1.98. The minimum absolute atomic E-state index is 0.0115. The second-order valence-electron chi connectivity index (χ2n) is 4.72. The third-order valence-electron chi connectivity index (χ3n) is 3.31. The van der Waals surface area contributed by atoms with Gasteiger partial charge in [-0.3, -0.25) is 9.59 Å². The minimum atomic E-state index is -0.831. The van der Waals surface area contributed by atoms with Crippen LogP contribution in [0.3, 0.4) is 0 Å². The van der Waals surface area contributed by atoms with Gasteiger partial charge in [-0.25, -0.2) is 4.98 Å². The number of rotatable bonds is 3. The number of nitrogens with zero attached hydrogens (tertiary/aromatic N) is 1. The lowest BCUT2D eigenvalue weighted by Gasteiger charge is -2.27. The molecule has 0 aromatic carbocycles. The van der Waals surface area contributed by atoms with E-state index in [4.69, 9.17) is 5.11 Å². The molecule has 2 rings (SSSR count). The fourth-order valence-corrected chi connectivity index (χ4v) is 2.34. The van der Waals surface area contributed by atoms with E-state index in [0.29, 0.717) is 12.8 Å². The van der Waals surface area contributed by atoms with Crippen LogP contribution in [-0.4, -0.2) is 28.0 Å². The van der Waals surface area contributed by atoms with Crippen molar-refractivity contribution in [3.63, 3.8) is 0 Å². The molecule has 19 heavy (non-hydrogen) atoms. The van der Waals surface area contributed by atoms with Crippen molar-refractivity contribution in [1.82, 2.24) is 10.3 Å². The van der Waals surface area contributed by atoms with Gasteiger partial charge in [0.2, 0.25) is 5.95 Å². The molecular weight excluding hydrogens is 251 g/mol. The topological polar surface area (TPSA) is 79.3 Å². The molecule has 2 unspecified atom stereocenters. The maximum absolute atomic E-state index is 12.9. The number of halogens is 1. The monoisotopic (exact) mass is 266 g/mol. The van der Waals surface area contributed by atoms with Crippen LogP contribution >= 0.6 is 0 Å². The van der Waals surface area contributed by atoms with E-state index in [-0.39, 0.29) is 11.7 Å². The van der Waals surface area contributed by atoms with Crippen LogP contribution < -0.4 is 5.32 Å². The van der Waals surface area contributed by atoms with Crippen molar-refractivity contribution in [2.24, 2.45) is 5.92 Å². The van der Waals surface area contributed by atoms with Crippen LogP contribution in [-0.2, 0) is 4.79 Å². The zero-order valence-electron chi connectivity index (χ0n) is 10.3. The fourth-order valence-electron chi connectivity index (χ4n) is 2.34. The quantitative estimate of drug-likeness (QED) is 0.814. The number of carbonyl (C=O) groups is 2. The average Bonchev–Trinajstić information content (AvgIpc) is 2.39. The zero-order chi connectivity index (χ0) is 13.8. The van der Waals surface area contributed by atoms with E-state index in [1.807, 2.05) is 0 Å². The summed E-state index contributed by atoms with van der Waals surface area (Å²) < 4.78 is 12.9. The van der Waals surface area contributed by atoms with Gasteiger partial charge in [0.25, 0.3) is 5.91 Å². The van der Waals surface area contributed by atoms with Gasteiger partial charge in [-0.1, -0.05) is 12.5 Å². The van der Waals surface area contributed by atoms with E-state index in [0.717, 1.165) is 18.9 Å². The molecule has 5 nitrogen and oxygen atoms in total. The number of aromatic nitrogens is 1. The summed E-state index contributed by atoms with van der Waals surface area (Å²) in [5, 5.41) is 11.7. The highest BCUT2D eigenvalue weighted by Crippen LogP contribution is 2.24. The van der Waals surface area contributed by atoms with Crippen LogP contribution in [0, 0.1) is 11.9 Å². The summed E-state index contributed by atoms with van der Waals surface area (Å²) >= 11 is 0. The Kier molecular flexibility index (Phi) is 4.09. The molecule has 0 bridgehead atoms. The van der Waals surface area contributed by atoms with Gasteiger partial charge >= 0.3 is 5.97 Å². The Balaban J connectivity index is 1.97. The Morgan fingerprint density at radius 1 is 1.37 bits per heavy atom. The molecule has 2 N–H and O–H groups in total. The molecule has 1 amide bonds. The Morgan fingerprint density at radius 3 is 2.84 bits per heavy atom. The number of carboxylic acids is 1. The van der Waals surface area contributed by atoms with Gasteiger partial charge in [-0.15, -0.1) is 0 Å². The first-order chi connectivity index (χ1) is 9.06. The van der Waals surface area contributed by atoms with Gasteiger partial charge in [0.15, 0.2) is 0 Å². The van der Waals surface area contributed by atoms with Crippen LogP contribution in [0.25, 0.3) is 0 Å². The van der Waals surface area contributed by atoms with Gasteiger partial charge in [-0.05, 0) is 31.4 Å². The van der Waals surface area contributed by atoms with Crippen LogP contribution in [0.1, 0.15) is 36.2 Å². The number of hydrogen-bond acceptors (Lipinski definition) is 3. The van der Waals surface area contributed by atoms with Crippen molar-refractivity contribution < 1.29 is 19.1 Å². The molecule has 1 aliphatic rings. The Labute approximate surface area is 109 Å². The van der Waals surface area contributed by atoms with Crippen molar-refractivity contribution in [3.05, 3.63) is 29.8 Å². The molecular formula is C13H15FN2O3. The lowest BCUT2D eigenvalue weighted by molar-refractivity contribution is -0.143. The number of amides is 1. The van der Waals surface area contributed by atoms with Crippen LogP contribution in [0.4, 0.5) is 4.39 Å². The Bertz CT molecular complexity index is 493. The third kappa shape index (κ3) is 3.49. The van der Waals surface area contributed by atoms with E-state index in [1.54, 1.807) is 0 Å². The summed E-state index contributed by atoms with van der Waals surface area (Å²) in [6.45, 7) is 0. The van der Waals surface area contributed by atoms with E-state index >= 15 is 0 Å². The van der Waals surface area contributed by atoms with E-state index < -0.39 is 23.7 Å². The fraction of sp³-hybridized carbons (Fsp3) is 0.462. The SMILES string of the molecule is O=C(NC1CCCC(C(=O)O)C1)c1cccc(F)n1. The molecule has 1 saturated carbocycles. The van der Waals surface area contributed by atoms with Crippen molar-refractivity contribution in [3.8, 4) is 0 Å². The number of nitrogens with one attached hydrogen (secondary N) is 1. The highest BCUT2D eigenvalue weighted by Gasteiger charge is 2.28. The van der Waals surface area contributed by atoms with Crippen LogP contribution in [0.5, 0.6) is 0 Å². The predicted octanol–water partition coefficient (Wildman–Crippen LogP) is 1.59. The van der Waals surface area contributed by atoms with Gasteiger partial charge in [0, 0.05) is 6.04 Å². The summed E-state index contributed by atoms with van der Waals surface area (Å²) in [6.07, 6.45) is 2.56. The van der Waals surface area contributed by atoms with Gasteiger partial charge in [-0.2, -0.15) is 4.39 Å². The lowest BCUT2D eigenvalue weighted by atomic mass is 9.86. The average molecular weight is 266 g/mol. The molecule has 1 fully saturated rings. The summed E-state index contributed by atoms with van der Waals surface area (Å²) in [7, 11) is 0. The number of carbonyl (C=O) groups excluding carboxylic acids is 1. The zero-order valence-corrected chi connectivity index (χ0v) is 10.3. The summed E-state index contributed by atoms with van der Waals surface area (Å²) in [5.41, 5.74) is 0.0115. The van der Waals surface area contributed by atoms with Crippen LogP contribution in [0.15, 0.2) is 18.2 Å². The molecule has 6 heteroatoms. The molecule has 1 aliphatic carbocycles. The molecule has 102 valence electrons. The van der Waals surface area contributed by atoms with Crippen molar-refractivity contribution in [2.75, 3.05) is 0 Å². The van der Waals surface area contributed by atoms with Gasteiger partial charge in [0.1, 0.15) is 5.69 Å². The Morgan fingerprint density at radius 2 is 2.16 bits per heavy atom. The van der Waals surface area contributed by atoms with Crippen molar-refractivity contribution in [2.45, 2.75) is 31.7 Å². The molecule has 0 aliphatic heterocycles. The maximum atomic E-state index is 12.9. The minimum Gasteiger partial charge on any atom is -0.481 e. The maximum Gasteiger partial charge on any atom is 0.306 e. The number of carboxylic acid groups (broad SMARTS) is 1. The normalized spacial score (nSPS) is 22.8. The van der Waals surface area contributed by atoms with Gasteiger partial charge in [0.05, 0.1) is 5.92 Å². The molecule has 0 spiro atoms. The second-order valence-corrected chi connectivity index (χ2v) is 4.72. The van der Waals surface area contributed by atoms with E-state index in [1.165, 1.54) is 12.1 Å². The molecule has 1 heterocycles. The number of pyridine rings is 1. The number of hydrogen-bond donors (Lipinski definition) is 2. The van der Waals surface area contributed by atoms with E-state index in [9.17, 15) is 14.0 Å². The second kappa shape index (κ2) is 5.77.